The lowest BCUT2D eigenvalue weighted by Crippen LogP contribution is -2.43. The highest BCUT2D eigenvalue weighted by atomic mass is 15.3. The summed E-state index contributed by atoms with van der Waals surface area (Å²) in [5, 5.41) is 11.9. The van der Waals surface area contributed by atoms with Gasteiger partial charge in [0, 0.05) is 38.1 Å². The van der Waals surface area contributed by atoms with Crippen molar-refractivity contribution in [3.63, 3.8) is 0 Å². The summed E-state index contributed by atoms with van der Waals surface area (Å²) in [6.07, 6.45) is 8.04. The number of fused-ring (bicyclic) bond motifs is 1. The average molecular weight is 378 g/mol. The van der Waals surface area contributed by atoms with E-state index in [1.54, 1.807) is 17.9 Å². The van der Waals surface area contributed by atoms with Gasteiger partial charge in [-0.15, -0.1) is 0 Å². The number of benzene rings is 1. The third kappa shape index (κ3) is 3.82. The summed E-state index contributed by atoms with van der Waals surface area (Å²) < 4.78 is 1.75. The van der Waals surface area contributed by atoms with Gasteiger partial charge in [0.25, 0.3) is 0 Å². The Bertz CT molecular complexity index is 983. The Balaban J connectivity index is 1.60. The van der Waals surface area contributed by atoms with Crippen molar-refractivity contribution in [2.75, 3.05) is 24.2 Å². The normalized spacial score (nSPS) is 16.1. The number of aromatic nitrogens is 4. The van der Waals surface area contributed by atoms with Gasteiger partial charge in [-0.2, -0.15) is 15.1 Å². The standard InChI is InChI=1S/C20H26N8/c1-22-11-14-5-7-15(8-6-14)25-17-16-12-24-28(2)18(16)27-19(26-17)23-13-20(21)9-3-4-10-20/h5-8,11-12H,3-4,9-10,13,21H2,1-2H3,(H2,23,25,26,27)/b22-11-. The molecule has 0 saturated heterocycles. The molecular formula is C20H26N8. The molecule has 0 spiro atoms. The van der Waals surface area contributed by atoms with Crippen LogP contribution in [0.3, 0.4) is 0 Å². The van der Waals surface area contributed by atoms with E-state index in [0.29, 0.717) is 12.5 Å². The summed E-state index contributed by atoms with van der Waals surface area (Å²) in [4.78, 5) is 13.4. The number of rotatable bonds is 6. The molecule has 4 rings (SSSR count). The summed E-state index contributed by atoms with van der Waals surface area (Å²) in [5.41, 5.74) is 9.06. The van der Waals surface area contributed by atoms with E-state index in [1.165, 1.54) is 12.8 Å². The van der Waals surface area contributed by atoms with E-state index < -0.39 is 0 Å². The molecule has 4 N–H and O–H groups in total. The molecule has 1 aromatic carbocycles. The first kappa shape index (κ1) is 18.4. The van der Waals surface area contributed by atoms with E-state index in [0.717, 1.165) is 40.9 Å². The number of nitrogens with zero attached hydrogens (tertiary/aromatic N) is 5. The minimum atomic E-state index is -0.172. The number of nitrogens with one attached hydrogen (secondary N) is 2. The van der Waals surface area contributed by atoms with Crippen molar-refractivity contribution in [2.45, 2.75) is 31.2 Å². The van der Waals surface area contributed by atoms with Crippen molar-refractivity contribution in [1.29, 1.82) is 0 Å². The summed E-state index contributed by atoms with van der Waals surface area (Å²) in [5.74, 6) is 1.28. The third-order valence-corrected chi connectivity index (χ3v) is 5.24. The average Bonchev–Trinajstić information content (AvgIpc) is 3.29. The second-order valence-corrected chi connectivity index (χ2v) is 7.46. The van der Waals surface area contributed by atoms with Crippen LogP contribution in [0.25, 0.3) is 11.0 Å². The van der Waals surface area contributed by atoms with Gasteiger partial charge in [-0.1, -0.05) is 25.0 Å². The maximum Gasteiger partial charge on any atom is 0.226 e. The molecule has 28 heavy (non-hydrogen) atoms. The molecule has 1 aliphatic carbocycles. The van der Waals surface area contributed by atoms with Crippen LogP contribution >= 0.6 is 0 Å². The molecule has 3 aromatic rings. The third-order valence-electron chi connectivity index (χ3n) is 5.24. The number of hydrogen-bond acceptors (Lipinski definition) is 7. The fourth-order valence-corrected chi connectivity index (χ4v) is 3.65. The lowest BCUT2D eigenvalue weighted by Gasteiger charge is -2.23. The molecule has 2 aromatic heterocycles. The molecule has 1 fully saturated rings. The topological polar surface area (TPSA) is 106 Å². The molecule has 0 unspecified atom stereocenters. The second kappa shape index (κ2) is 7.55. The SMILES string of the molecule is C/N=C\c1ccc(Nc2nc(NCC3(N)CCCC3)nc3c2cnn3C)cc1. The minimum Gasteiger partial charge on any atom is -0.352 e. The second-order valence-electron chi connectivity index (χ2n) is 7.46. The van der Waals surface area contributed by atoms with E-state index in [-0.39, 0.29) is 5.54 Å². The lowest BCUT2D eigenvalue weighted by atomic mass is 10.00. The summed E-state index contributed by atoms with van der Waals surface area (Å²) in [7, 11) is 3.64. The zero-order valence-corrected chi connectivity index (χ0v) is 16.3. The van der Waals surface area contributed by atoms with Crippen LogP contribution in [0.4, 0.5) is 17.5 Å². The maximum atomic E-state index is 6.47. The maximum absolute atomic E-state index is 6.47. The number of aryl methyl sites for hydroxylation is 1. The minimum absolute atomic E-state index is 0.172. The number of nitrogens with two attached hydrogens (primary N) is 1. The van der Waals surface area contributed by atoms with E-state index in [2.05, 4.69) is 25.7 Å². The summed E-state index contributed by atoms with van der Waals surface area (Å²) in [6.45, 7) is 0.668. The van der Waals surface area contributed by atoms with Gasteiger partial charge >= 0.3 is 0 Å². The Hall–Kier alpha value is -3.00. The Morgan fingerprint density at radius 2 is 1.96 bits per heavy atom. The predicted molar refractivity (Wildman–Crippen MR) is 113 cm³/mol. The molecule has 8 nitrogen and oxygen atoms in total. The van der Waals surface area contributed by atoms with Crippen LogP contribution in [-0.4, -0.2) is 45.1 Å². The van der Waals surface area contributed by atoms with Crippen LogP contribution in [0.15, 0.2) is 35.5 Å². The fraction of sp³-hybridized carbons (Fsp3) is 0.400. The van der Waals surface area contributed by atoms with Gasteiger partial charge in [0.1, 0.15) is 5.82 Å². The Labute approximate surface area is 164 Å². The fourth-order valence-electron chi connectivity index (χ4n) is 3.65. The first-order valence-electron chi connectivity index (χ1n) is 9.58. The Morgan fingerprint density at radius 1 is 1.21 bits per heavy atom. The van der Waals surface area contributed by atoms with Crippen molar-refractivity contribution in [3.05, 3.63) is 36.0 Å². The molecule has 0 atom stereocenters. The van der Waals surface area contributed by atoms with Crippen molar-refractivity contribution < 1.29 is 0 Å². The van der Waals surface area contributed by atoms with Crippen molar-refractivity contribution in [3.8, 4) is 0 Å². The van der Waals surface area contributed by atoms with E-state index in [9.17, 15) is 0 Å². The zero-order chi connectivity index (χ0) is 19.6. The highest BCUT2D eigenvalue weighted by molar-refractivity contribution is 5.89. The summed E-state index contributed by atoms with van der Waals surface area (Å²) in [6, 6.07) is 8.02. The van der Waals surface area contributed by atoms with Crippen molar-refractivity contribution in [2.24, 2.45) is 17.8 Å². The van der Waals surface area contributed by atoms with Crippen LogP contribution in [0, 0.1) is 0 Å². The molecular weight excluding hydrogens is 352 g/mol. The van der Waals surface area contributed by atoms with Gasteiger partial charge < -0.3 is 16.4 Å². The molecule has 146 valence electrons. The van der Waals surface area contributed by atoms with Gasteiger partial charge in [-0.05, 0) is 30.5 Å². The van der Waals surface area contributed by atoms with E-state index in [1.807, 2.05) is 37.5 Å². The molecule has 0 radical (unpaired) electrons. The monoisotopic (exact) mass is 378 g/mol. The van der Waals surface area contributed by atoms with Crippen molar-refractivity contribution in [1.82, 2.24) is 19.7 Å². The molecule has 0 bridgehead atoms. The molecule has 0 aliphatic heterocycles. The predicted octanol–water partition coefficient (Wildman–Crippen LogP) is 2.84. The van der Waals surface area contributed by atoms with Gasteiger partial charge in [0.15, 0.2) is 5.65 Å². The van der Waals surface area contributed by atoms with Gasteiger partial charge in [-0.25, -0.2) is 0 Å². The Morgan fingerprint density at radius 3 is 2.68 bits per heavy atom. The smallest absolute Gasteiger partial charge is 0.226 e. The van der Waals surface area contributed by atoms with Gasteiger partial charge in [-0.3, -0.25) is 9.67 Å². The number of hydrogen-bond donors (Lipinski definition) is 3. The van der Waals surface area contributed by atoms with Crippen LogP contribution in [-0.2, 0) is 7.05 Å². The number of aliphatic imine (C=N–C) groups is 1. The van der Waals surface area contributed by atoms with E-state index in [4.69, 9.17) is 10.7 Å². The Kier molecular flexibility index (Phi) is 4.95. The highest BCUT2D eigenvalue weighted by Gasteiger charge is 2.29. The largest absolute Gasteiger partial charge is 0.352 e. The lowest BCUT2D eigenvalue weighted by molar-refractivity contribution is 0.463. The van der Waals surface area contributed by atoms with Crippen LogP contribution in [0.2, 0.25) is 0 Å². The molecule has 0 amide bonds. The zero-order valence-electron chi connectivity index (χ0n) is 16.3. The van der Waals surface area contributed by atoms with Gasteiger partial charge in [0.05, 0.1) is 11.6 Å². The quantitative estimate of drug-likeness (QED) is 0.570. The molecule has 1 aliphatic rings. The van der Waals surface area contributed by atoms with Crippen LogP contribution in [0.1, 0.15) is 31.2 Å². The first-order valence-corrected chi connectivity index (χ1v) is 9.58. The summed E-state index contributed by atoms with van der Waals surface area (Å²) >= 11 is 0. The van der Waals surface area contributed by atoms with Crippen LogP contribution < -0.4 is 16.4 Å². The first-order chi connectivity index (χ1) is 13.6. The number of anilines is 3. The van der Waals surface area contributed by atoms with Crippen molar-refractivity contribution >= 4 is 34.7 Å². The molecule has 8 heteroatoms. The van der Waals surface area contributed by atoms with Crippen LogP contribution in [0.5, 0.6) is 0 Å². The van der Waals surface area contributed by atoms with E-state index >= 15 is 0 Å². The van der Waals surface area contributed by atoms with Gasteiger partial charge in [0.2, 0.25) is 5.95 Å². The molecule has 2 heterocycles. The highest BCUT2D eigenvalue weighted by Crippen LogP contribution is 2.28. The molecule has 1 saturated carbocycles.